The highest BCUT2D eigenvalue weighted by atomic mass is 32.2. The van der Waals surface area contributed by atoms with Gasteiger partial charge in [0.1, 0.15) is 6.54 Å². The van der Waals surface area contributed by atoms with Crippen molar-refractivity contribution in [2.45, 2.75) is 6.92 Å². The third kappa shape index (κ3) is 4.54. The number of benzene rings is 1. The Labute approximate surface area is 143 Å². The summed E-state index contributed by atoms with van der Waals surface area (Å²) in [5.74, 6) is 0.676. The van der Waals surface area contributed by atoms with Crippen molar-refractivity contribution in [3.8, 4) is 11.5 Å². The van der Waals surface area contributed by atoms with Crippen molar-refractivity contribution in [1.29, 1.82) is 0 Å². The van der Waals surface area contributed by atoms with Crippen LogP contribution in [0.4, 0.5) is 4.79 Å². The zero-order valence-corrected chi connectivity index (χ0v) is 14.3. The van der Waals surface area contributed by atoms with Gasteiger partial charge in [0.15, 0.2) is 11.5 Å². The predicted molar refractivity (Wildman–Crippen MR) is 89.2 cm³/mol. The highest BCUT2D eigenvalue weighted by Crippen LogP contribution is 2.27. The van der Waals surface area contributed by atoms with Crippen LogP contribution in [0.3, 0.4) is 0 Å². The van der Waals surface area contributed by atoms with Gasteiger partial charge in [-0.1, -0.05) is 11.8 Å². The van der Waals surface area contributed by atoms with Crippen LogP contribution in [0.5, 0.6) is 11.5 Å². The molecule has 1 aromatic rings. The second-order valence-corrected chi connectivity index (χ2v) is 5.88. The molecule has 0 radical (unpaired) electrons. The fourth-order valence-electron chi connectivity index (χ4n) is 2.06. The maximum atomic E-state index is 12.1. The Hall–Kier alpha value is -2.42. The SMILES string of the molecule is CCOc1ccc(C(=O)NNC(=O)CN2CCSC2=O)cc1OC. The third-order valence-corrected chi connectivity index (χ3v) is 4.11. The van der Waals surface area contributed by atoms with Crippen molar-refractivity contribution in [3.05, 3.63) is 23.8 Å². The van der Waals surface area contributed by atoms with Crippen molar-refractivity contribution in [1.82, 2.24) is 15.8 Å². The van der Waals surface area contributed by atoms with Crippen LogP contribution in [0.2, 0.25) is 0 Å². The summed E-state index contributed by atoms with van der Waals surface area (Å²) in [7, 11) is 1.48. The number of carbonyl (C=O) groups is 3. The van der Waals surface area contributed by atoms with Crippen LogP contribution >= 0.6 is 11.8 Å². The molecule has 1 aromatic carbocycles. The third-order valence-electron chi connectivity index (χ3n) is 3.22. The molecule has 0 spiro atoms. The van der Waals surface area contributed by atoms with E-state index in [4.69, 9.17) is 9.47 Å². The van der Waals surface area contributed by atoms with Crippen molar-refractivity contribution in [2.24, 2.45) is 0 Å². The summed E-state index contributed by atoms with van der Waals surface area (Å²) in [4.78, 5) is 36.7. The van der Waals surface area contributed by atoms with Gasteiger partial charge in [0.05, 0.1) is 13.7 Å². The lowest BCUT2D eigenvalue weighted by Gasteiger charge is -2.15. The van der Waals surface area contributed by atoms with Crippen molar-refractivity contribution >= 4 is 28.8 Å². The fourth-order valence-corrected chi connectivity index (χ4v) is 2.89. The first-order valence-corrected chi connectivity index (χ1v) is 8.35. The molecule has 0 unspecified atom stereocenters. The van der Waals surface area contributed by atoms with Gasteiger partial charge in [-0.05, 0) is 25.1 Å². The standard InChI is InChI=1S/C15H19N3O5S/c1-3-23-11-5-4-10(8-12(11)22-2)14(20)17-16-13(19)9-18-6-7-24-15(18)21/h4-5,8H,3,6-7,9H2,1-2H3,(H,16,19)(H,17,20). The molecule has 1 saturated heterocycles. The maximum absolute atomic E-state index is 12.1. The lowest BCUT2D eigenvalue weighted by atomic mass is 10.2. The van der Waals surface area contributed by atoms with E-state index in [9.17, 15) is 14.4 Å². The zero-order valence-electron chi connectivity index (χ0n) is 13.5. The number of carbonyl (C=O) groups excluding carboxylic acids is 3. The van der Waals surface area contributed by atoms with E-state index in [2.05, 4.69) is 10.9 Å². The van der Waals surface area contributed by atoms with Gasteiger partial charge in [0.25, 0.3) is 17.1 Å². The molecular weight excluding hydrogens is 334 g/mol. The maximum Gasteiger partial charge on any atom is 0.282 e. The minimum Gasteiger partial charge on any atom is -0.493 e. The molecule has 130 valence electrons. The van der Waals surface area contributed by atoms with Crippen LogP contribution in [0.15, 0.2) is 18.2 Å². The molecule has 9 heteroatoms. The Bertz CT molecular complexity index is 638. The van der Waals surface area contributed by atoms with Crippen molar-refractivity contribution < 1.29 is 23.9 Å². The largest absolute Gasteiger partial charge is 0.493 e. The Morgan fingerprint density at radius 3 is 2.71 bits per heavy atom. The Morgan fingerprint density at radius 1 is 1.29 bits per heavy atom. The second-order valence-electron chi connectivity index (χ2n) is 4.84. The van der Waals surface area contributed by atoms with Gasteiger partial charge in [0, 0.05) is 17.9 Å². The molecular formula is C15H19N3O5S. The summed E-state index contributed by atoms with van der Waals surface area (Å²) in [5, 5.41) is -0.132. The molecule has 2 N–H and O–H groups in total. The minimum absolute atomic E-state index is 0.0846. The van der Waals surface area contributed by atoms with E-state index in [0.29, 0.717) is 36.0 Å². The average Bonchev–Trinajstić information content (AvgIpc) is 2.98. The molecule has 3 amide bonds. The molecule has 0 aliphatic carbocycles. The highest BCUT2D eigenvalue weighted by molar-refractivity contribution is 8.13. The Balaban J connectivity index is 1.89. The number of rotatable bonds is 6. The molecule has 1 aliphatic rings. The van der Waals surface area contributed by atoms with E-state index >= 15 is 0 Å². The molecule has 0 aromatic heterocycles. The molecule has 0 atom stereocenters. The molecule has 0 bridgehead atoms. The summed E-state index contributed by atoms with van der Waals surface area (Å²) in [5.41, 5.74) is 4.91. The first kappa shape index (κ1) is 17.9. The van der Waals surface area contributed by atoms with Gasteiger partial charge in [-0.2, -0.15) is 0 Å². The lowest BCUT2D eigenvalue weighted by molar-refractivity contribution is -0.122. The van der Waals surface area contributed by atoms with Crippen LogP contribution in [-0.2, 0) is 4.79 Å². The van der Waals surface area contributed by atoms with Gasteiger partial charge < -0.3 is 14.4 Å². The van der Waals surface area contributed by atoms with Gasteiger partial charge in [-0.3, -0.25) is 25.2 Å². The van der Waals surface area contributed by atoms with Crippen molar-refractivity contribution in [3.63, 3.8) is 0 Å². The topological polar surface area (TPSA) is 97.0 Å². The number of hydrazine groups is 1. The molecule has 1 aliphatic heterocycles. The van der Waals surface area contributed by atoms with Crippen LogP contribution in [-0.4, -0.2) is 54.5 Å². The number of amides is 3. The van der Waals surface area contributed by atoms with Gasteiger partial charge >= 0.3 is 0 Å². The number of methoxy groups -OCH3 is 1. The zero-order chi connectivity index (χ0) is 17.5. The van der Waals surface area contributed by atoms with Gasteiger partial charge in [0.2, 0.25) is 0 Å². The molecule has 1 fully saturated rings. The van der Waals surface area contributed by atoms with E-state index in [1.54, 1.807) is 12.1 Å². The average molecular weight is 353 g/mol. The van der Waals surface area contributed by atoms with E-state index in [1.165, 1.54) is 29.8 Å². The van der Waals surface area contributed by atoms with Crippen LogP contribution in [0.1, 0.15) is 17.3 Å². The first-order chi connectivity index (χ1) is 11.5. The van der Waals surface area contributed by atoms with E-state index < -0.39 is 11.8 Å². The summed E-state index contributed by atoms with van der Waals surface area (Å²) >= 11 is 1.17. The molecule has 2 rings (SSSR count). The highest BCUT2D eigenvalue weighted by Gasteiger charge is 2.23. The number of nitrogens with zero attached hydrogens (tertiary/aromatic N) is 1. The number of nitrogens with one attached hydrogen (secondary N) is 2. The first-order valence-electron chi connectivity index (χ1n) is 7.37. The van der Waals surface area contributed by atoms with E-state index in [-0.39, 0.29) is 11.8 Å². The van der Waals surface area contributed by atoms with Crippen LogP contribution in [0.25, 0.3) is 0 Å². The van der Waals surface area contributed by atoms with E-state index in [1.807, 2.05) is 6.92 Å². The fraction of sp³-hybridized carbons (Fsp3) is 0.400. The summed E-state index contributed by atoms with van der Waals surface area (Å²) < 4.78 is 10.6. The smallest absolute Gasteiger partial charge is 0.282 e. The summed E-state index contributed by atoms with van der Waals surface area (Å²) in [6, 6.07) is 4.71. The summed E-state index contributed by atoms with van der Waals surface area (Å²) in [6.07, 6.45) is 0. The van der Waals surface area contributed by atoms with Gasteiger partial charge in [-0.15, -0.1) is 0 Å². The predicted octanol–water partition coefficient (Wildman–Crippen LogP) is 1.02. The number of thioether (sulfide) groups is 1. The number of hydrogen-bond donors (Lipinski definition) is 2. The molecule has 8 nitrogen and oxygen atoms in total. The van der Waals surface area contributed by atoms with Crippen LogP contribution in [0, 0.1) is 0 Å². The number of hydrogen-bond acceptors (Lipinski definition) is 6. The molecule has 0 saturated carbocycles. The minimum atomic E-state index is -0.494. The lowest BCUT2D eigenvalue weighted by Crippen LogP contribution is -2.46. The van der Waals surface area contributed by atoms with Crippen LogP contribution < -0.4 is 20.3 Å². The Morgan fingerprint density at radius 2 is 2.08 bits per heavy atom. The Kier molecular flexibility index (Phi) is 6.30. The molecule has 24 heavy (non-hydrogen) atoms. The van der Waals surface area contributed by atoms with Crippen molar-refractivity contribution in [2.75, 3.05) is 32.6 Å². The summed E-state index contributed by atoms with van der Waals surface area (Å²) in [6.45, 7) is 2.77. The molecule has 1 heterocycles. The quantitative estimate of drug-likeness (QED) is 0.741. The second kappa shape index (κ2) is 8.44. The van der Waals surface area contributed by atoms with E-state index in [0.717, 1.165) is 0 Å². The normalized spacial score (nSPS) is 13.6. The monoisotopic (exact) mass is 353 g/mol. The van der Waals surface area contributed by atoms with Gasteiger partial charge in [-0.25, -0.2) is 0 Å². The number of ether oxygens (including phenoxy) is 2.